The molecule has 3 aromatic rings. The largest absolute Gasteiger partial charge is 0.494 e. The van der Waals surface area contributed by atoms with Gasteiger partial charge in [-0.2, -0.15) is 0 Å². The molecule has 0 radical (unpaired) electrons. The summed E-state index contributed by atoms with van der Waals surface area (Å²) < 4.78 is 29.5. The number of ether oxygens (including phenoxy) is 2. The van der Waals surface area contributed by atoms with Gasteiger partial charge < -0.3 is 28.3 Å². The molecule has 1 aliphatic heterocycles. The van der Waals surface area contributed by atoms with Crippen LogP contribution in [-0.4, -0.2) is 46.6 Å². The maximum Gasteiger partial charge on any atom is 0.494 e. The van der Waals surface area contributed by atoms with E-state index in [2.05, 4.69) is 4.98 Å². The van der Waals surface area contributed by atoms with Crippen LogP contribution < -0.4 is 14.9 Å². The summed E-state index contributed by atoms with van der Waals surface area (Å²) in [4.78, 5) is 15.9. The van der Waals surface area contributed by atoms with Gasteiger partial charge in [-0.05, 0) is 90.3 Å². The van der Waals surface area contributed by atoms with Crippen molar-refractivity contribution in [3.05, 3.63) is 60.0 Å². The number of rotatable bonds is 9. The zero-order valence-corrected chi connectivity index (χ0v) is 22.5. The second-order valence-electron chi connectivity index (χ2n) is 10.7. The molecular weight excluding hydrogens is 473 g/mol. The van der Waals surface area contributed by atoms with E-state index in [0.29, 0.717) is 30.4 Å². The molecule has 9 heteroatoms. The minimum absolute atomic E-state index is 0.389. The van der Waals surface area contributed by atoms with Crippen LogP contribution in [0.3, 0.4) is 0 Å². The first kappa shape index (κ1) is 26.8. The van der Waals surface area contributed by atoms with E-state index < -0.39 is 18.7 Å². The first-order valence-corrected chi connectivity index (χ1v) is 12.3. The van der Waals surface area contributed by atoms with Gasteiger partial charge in [-0.3, -0.25) is 0 Å². The summed E-state index contributed by atoms with van der Waals surface area (Å²) in [5.74, 6) is 1.38. The molecule has 37 heavy (non-hydrogen) atoms. The fourth-order valence-electron chi connectivity index (χ4n) is 3.75. The number of benzene rings is 2. The highest BCUT2D eigenvalue weighted by molar-refractivity contribution is 6.62. The van der Waals surface area contributed by atoms with Gasteiger partial charge in [0.2, 0.25) is 5.89 Å². The van der Waals surface area contributed by atoms with Gasteiger partial charge in [0.05, 0.1) is 23.5 Å². The zero-order valence-electron chi connectivity index (χ0n) is 22.5. The van der Waals surface area contributed by atoms with E-state index in [4.69, 9.17) is 23.2 Å². The number of carbonyl (C=O) groups is 1. The Bertz CT molecular complexity index is 1230. The van der Waals surface area contributed by atoms with E-state index in [9.17, 15) is 9.90 Å². The third-order valence-corrected chi connectivity index (χ3v) is 6.90. The topological polar surface area (TPSA) is 100 Å². The molecule has 2 aromatic carbocycles. The quantitative estimate of drug-likeness (QED) is 0.412. The van der Waals surface area contributed by atoms with Crippen molar-refractivity contribution in [3.8, 4) is 23.0 Å². The Balaban J connectivity index is 1.34. The number of aliphatic carboxylic acids is 1. The summed E-state index contributed by atoms with van der Waals surface area (Å²) in [5.41, 5.74) is 0.558. The predicted octanol–water partition coefficient (Wildman–Crippen LogP) is 4.81. The summed E-state index contributed by atoms with van der Waals surface area (Å²) in [6.07, 6.45) is 0.575. The van der Waals surface area contributed by atoms with Crippen LogP contribution in [0.15, 0.2) is 52.9 Å². The number of hydrogen-bond donors (Lipinski definition) is 1. The number of oxazole rings is 1. The van der Waals surface area contributed by atoms with E-state index in [1.165, 1.54) is 13.8 Å². The maximum absolute atomic E-state index is 11.2. The fraction of sp³-hybridized carbons (Fsp3) is 0.429. The van der Waals surface area contributed by atoms with Crippen LogP contribution in [0.1, 0.15) is 53.0 Å². The third-order valence-electron chi connectivity index (χ3n) is 6.90. The molecule has 0 spiro atoms. The van der Waals surface area contributed by atoms with Gasteiger partial charge in [0.1, 0.15) is 17.3 Å². The summed E-state index contributed by atoms with van der Waals surface area (Å²) in [7, 11) is -0.414. The lowest BCUT2D eigenvalue weighted by molar-refractivity contribution is -0.152. The lowest BCUT2D eigenvalue weighted by Gasteiger charge is -2.32. The van der Waals surface area contributed by atoms with Crippen molar-refractivity contribution in [2.75, 3.05) is 6.61 Å². The van der Waals surface area contributed by atoms with Crippen molar-refractivity contribution in [2.24, 2.45) is 0 Å². The Kier molecular flexibility index (Phi) is 7.14. The molecule has 0 saturated carbocycles. The Labute approximate surface area is 218 Å². The van der Waals surface area contributed by atoms with Gasteiger partial charge in [0, 0.05) is 12.0 Å². The van der Waals surface area contributed by atoms with Crippen LogP contribution in [-0.2, 0) is 20.5 Å². The predicted molar refractivity (Wildman–Crippen MR) is 140 cm³/mol. The van der Waals surface area contributed by atoms with Gasteiger partial charge in [-0.1, -0.05) is 12.1 Å². The second-order valence-corrected chi connectivity index (χ2v) is 10.7. The summed E-state index contributed by atoms with van der Waals surface area (Å²) in [6.45, 7) is 13.5. The van der Waals surface area contributed by atoms with E-state index in [1.807, 2.05) is 58.9 Å². The number of carboxylic acid groups (broad SMARTS) is 1. The number of aromatic nitrogens is 1. The van der Waals surface area contributed by atoms with Crippen LogP contribution in [0.5, 0.6) is 11.5 Å². The highest BCUT2D eigenvalue weighted by atomic mass is 16.7. The minimum atomic E-state index is -1.31. The summed E-state index contributed by atoms with van der Waals surface area (Å²) in [6, 6.07) is 14.7. The molecule has 2 heterocycles. The van der Waals surface area contributed by atoms with Crippen LogP contribution in [0, 0.1) is 6.92 Å². The Morgan fingerprint density at radius 1 is 0.973 bits per heavy atom. The molecule has 0 atom stereocenters. The lowest BCUT2D eigenvalue weighted by Crippen LogP contribution is -2.41. The highest BCUT2D eigenvalue weighted by Crippen LogP contribution is 2.36. The van der Waals surface area contributed by atoms with Gasteiger partial charge in [-0.15, -0.1) is 0 Å². The lowest BCUT2D eigenvalue weighted by atomic mass is 9.79. The normalized spacial score (nSPS) is 16.6. The van der Waals surface area contributed by atoms with Gasteiger partial charge in [0.15, 0.2) is 5.60 Å². The van der Waals surface area contributed by atoms with E-state index in [-0.39, 0.29) is 11.2 Å². The average Bonchev–Trinajstić information content (AvgIpc) is 3.29. The molecular formula is C28H34BNO7. The first-order valence-electron chi connectivity index (χ1n) is 12.3. The highest BCUT2D eigenvalue weighted by Gasteiger charge is 2.51. The van der Waals surface area contributed by atoms with Gasteiger partial charge in [0.25, 0.3) is 0 Å². The van der Waals surface area contributed by atoms with Crippen molar-refractivity contribution < 1.29 is 33.1 Å². The van der Waals surface area contributed by atoms with Crippen molar-refractivity contribution >= 4 is 18.6 Å². The molecule has 1 aromatic heterocycles. The van der Waals surface area contributed by atoms with Crippen LogP contribution in [0.4, 0.5) is 0 Å². The molecule has 1 saturated heterocycles. The SMILES string of the molecule is Cc1oc(-c2ccc(B3OC(C)(C)C(C)(C)O3)cc2)nc1CCOc1ccc(OC(C)(C)C(=O)O)cc1. The monoisotopic (exact) mass is 507 g/mol. The molecule has 0 aliphatic carbocycles. The van der Waals surface area contributed by atoms with E-state index >= 15 is 0 Å². The fourth-order valence-corrected chi connectivity index (χ4v) is 3.75. The summed E-state index contributed by atoms with van der Waals surface area (Å²) in [5, 5.41) is 9.20. The van der Waals surface area contributed by atoms with Crippen molar-refractivity contribution in [2.45, 2.75) is 71.7 Å². The van der Waals surface area contributed by atoms with Gasteiger partial charge in [-0.25, -0.2) is 9.78 Å². The average molecular weight is 507 g/mol. The van der Waals surface area contributed by atoms with Crippen LogP contribution in [0.25, 0.3) is 11.5 Å². The number of hydrogen-bond acceptors (Lipinski definition) is 7. The third kappa shape index (κ3) is 5.83. The molecule has 1 N–H and O–H groups in total. The molecule has 8 nitrogen and oxygen atoms in total. The van der Waals surface area contributed by atoms with Crippen molar-refractivity contribution in [1.82, 2.24) is 4.98 Å². The zero-order chi connectivity index (χ0) is 27.0. The van der Waals surface area contributed by atoms with Gasteiger partial charge >= 0.3 is 13.1 Å². The maximum atomic E-state index is 11.2. The standard InChI is InChI=1S/C28H34BNO7/c1-18-23(16-17-33-21-12-14-22(15-13-21)35-26(2,3)25(31)32)30-24(34-18)19-8-10-20(11-9-19)29-36-27(4,5)28(6,7)37-29/h8-15H,16-17H2,1-7H3,(H,31,32). The van der Waals surface area contributed by atoms with E-state index in [0.717, 1.165) is 22.5 Å². The molecule has 0 amide bonds. The van der Waals surface area contributed by atoms with Crippen LogP contribution >= 0.6 is 0 Å². The Morgan fingerprint density at radius 3 is 2.11 bits per heavy atom. The van der Waals surface area contributed by atoms with Crippen LogP contribution in [0.2, 0.25) is 0 Å². The van der Waals surface area contributed by atoms with Crippen molar-refractivity contribution in [3.63, 3.8) is 0 Å². The number of carboxylic acids is 1. The molecule has 1 aliphatic rings. The molecule has 4 rings (SSSR count). The second kappa shape index (κ2) is 9.87. The molecule has 1 fully saturated rings. The summed E-state index contributed by atoms with van der Waals surface area (Å²) >= 11 is 0. The molecule has 0 unspecified atom stereocenters. The Morgan fingerprint density at radius 2 is 1.54 bits per heavy atom. The first-order chi connectivity index (χ1) is 17.3. The number of nitrogens with zero attached hydrogens (tertiary/aromatic N) is 1. The van der Waals surface area contributed by atoms with E-state index in [1.54, 1.807) is 24.3 Å². The minimum Gasteiger partial charge on any atom is -0.493 e. The molecule has 0 bridgehead atoms. The molecule has 196 valence electrons. The smallest absolute Gasteiger partial charge is 0.493 e. The Hall–Kier alpha value is -3.30. The van der Waals surface area contributed by atoms with Crippen molar-refractivity contribution in [1.29, 1.82) is 0 Å². The number of aryl methyl sites for hydroxylation is 1.